The highest BCUT2D eigenvalue weighted by molar-refractivity contribution is 5.83. The number of nitrogens with one attached hydrogen (secondary N) is 1. The van der Waals surface area contributed by atoms with Gasteiger partial charge in [-0.2, -0.15) is 22.0 Å². The average Bonchev–Trinajstić information content (AvgIpc) is 2.13. The molecule has 0 spiro atoms. The van der Waals surface area contributed by atoms with Crippen LogP contribution < -0.4 is 5.32 Å². The van der Waals surface area contributed by atoms with E-state index in [2.05, 4.69) is 4.74 Å². The van der Waals surface area contributed by atoms with Crippen LogP contribution in [0, 0.1) is 0 Å². The molecule has 0 aromatic carbocycles. The molecule has 0 saturated heterocycles. The Morgan fingerprint density at radius 3 is 2.06 bits per heavy atom. The van der Waals surface area contributed by atoms with Crippen molar-refractivity contribution < 1.29 is 36.3 Å². The molecule has 0 rings (SSSR count). The maximum atomic E-state index is 12.7. The Balaban J connectivity index is 4.29. The molecule has 9 heteroatoms. The Bertz CT molecular complexity index is 276. The van der Waals surface area contributed by atoms with Crippen molar-refractivity contribution in [1.29, 1.82) is 0 Å². The van der Waals surface area contributed by atoms with Gasteiger partial charge < -0.3 is 10.1 Å². The Morgan fingerprint density at radius 1 is 1.19 bits per heavy atom. The molecule has 0 radical (unpaired) electrons. The third kappa shape index (κ3) is 4.41. The molecule has 0 atom stereocenters. The highest BCUT2D eigenvalue weighted by Gasteiger charge is 2.44. The van der Waals surface area contributed by atoms with Crippen molar-refractivity contribution in [3.63, 3.8) is 0 Å². The maximum absolute atomic E-state index is 12.7. The molecule has 16 heavy (non-hydrogen) atoms. The second-order valence-corrected chi connectivity index (χ2v) is 2.61. The molecule has 1 N–H and O–H groups in total. The van der Waals surface area contributed by atoms with Crippen molar-refractivity contribution >= 4 is 11.9 Å². The summed E-state index contributed by atoms with van der Waals surface area (Å²) in [6.45, 7) is -0.853. The zero-order valence-corrected chi connectivity index (χ0v) is 8.03. The fourth-order valence-electron chi connectivity index (χ4n) is 0.600. The molecule has 0 fully saturated rings. The predicted molar refractivity (Wildman–Crippen MR) is 40.6 cm³/mol. The number of halogens is 5. The molecule has 1 amide bonds. The first-order valence-electron chi connectivity index (χ1n) is 4.01. The second kappa shape index (κ2) is 5.08. The number of rotatable bonds is 4. The lowest BCUT2D eigenvalue weighted by atomic mass is 10.3. The van der Waals surface area contributed by atoms with Gasteiger partial charge in [0, 0.05) is 0 Å². The van der Waals surface area contributed by atoms with Crippen LogP contribution in [0.3, 0.4) is 0 Å². The van der Waals surface area contributed by atoms with Crippen LogP contribution in [0.1, 0.15) is 6.92 Å². The second-order valence-electron chi connectivity index (χ2n) is 2.61. The molecule has 0 unspecified atom stereocenters. The van der Waals surface area contributed by atoms with E-state index in [1.165, 1.54) is 6.92 Å². The largest absolute Gasteiger partial charge is 0.471 e. The predicted octanol–water partition coefficient (Wildman–Crippen LogP) is 0.863. The lowest BCUT2D eigenvalue weighted by Gasteiger charge is -2.15. The summed E-state index contributed by atoms with van der Waals surface area (Å²) in [5.41, 5.74) is 0. The number of esters is 1. The lowest BCUT2D eigenvalue weighted by molar-refractivity contribution is -0.179. The zero-order chi connectivity index (χ0) is 13.0. The van der Waals surface area contributed by atoms with Gasteiger partial charge in [0.25, 0.3) is 0 Å². The number of carbonyl (C=O) groups excluding carboxylic acids is 2. The first kappa shape index (κ1) is 14.6. The number of amides is 1. The summed E-state index contributed by atoms with van der Waals surface area (Å²) in [6, 6.07) is 0. The molecular weight excluding hydrogens is 241 g/mol. The highest BCUT2D eigenvalue weighted by Crippen LogP contribution is 2.17. The number of ether oxygens (including phenoxy) is 1. The van der Waals surface area contributed by atoms with Gasteiger partial charge in [-0.3, -0.25) is 4.79 Å². The standard InChI is InChI=1S/C7H8F5NO3/c1-2-16-5(15)6(8,9)3-13-4(14)7(10,11)12/h2-3H2,1H3,(H,13,14). The van der Waals surface area contributed by atoms with Crippen LogP contribution in [0.2, 0.25) is 0 Å². The van der Waals surface area contributed by atoms with Gasteiger partial charge in [-0.25, -0.2) is 4.79 Å². The van der Waals surface area contributed by atoms with Gasteiger partial charge in [-0.05, 0) is 6.92 Å². The van der Waals surface area contributed by atoms with Crippen LogP contribution in [0.25, 0.3) is 0 Å². The van der Waals surface area contributed by atoms with Crippen molar-refractivity contribution in [3.05, 3.63) is 0 Å². The first-order chi connectivity index (χ1) is 7.11. The molecule has 0 aliphatic heterocycles. The van der Waals surface area contributed by atoms with Crippen LogP contribution in [0.4, 0.5) is 22.0 Å². The fraction of sp³-hybridized carbons (Fsp3) is 0.714. The fourth-order valence-corrected chi connectivity index (χ4v) is 0.600. The molecule has 0 aromatic heterocycles. The van der Waals surface area contributed by atoms with Gasteiger partial charge in [0.15, 0.2) is 0 Å². The number of alkyl halides is 5. The van der Waals surface area contributed by atoms with E-state index in [0.29, 0.717) is 0 Å². The van der Waals surface area contributed by atoms with Crippen LogP contribution >= 0.6 is 0 Å². The normalized spacial score (nSPS) is 12.1. The van der Waals surface area contributed by atoms with E-state index < -0.39 is 30.5 Å². The average molecular weight is 249 g/mol. The van der Waals surface area contributed by atoms with E-state index in [-0.39, 0.29) is 6.61 Å². The molecule has 94 valence electrons. The van der Waals surface area contributed by atoms with Crippen molar-refractivity contribution in [2.24, 2.45) is 0 Å². The first-order valence-corrected chi connectivity index (χ1v) is 4.01. The number of hydrogen-bond donors (Lipinski definition) is 1. The minimum Gasteiger partial charge on any atom is -0.462 e. The number of hydrogen-bond acceptors (Lipinski definition) is 3. The summed E-state index contributed by atoms with van der Waals surface area (Å²) in [7, 11) is 0. The Labute approximate surface area is 86.7 Å². The minimum absolute atomic E-state index is 0.346. The maximum Gasteiger partial charge on any atom is 0.471 e. The number of carbonyl (C=O) groups is 2. The molecule has 4 nitrogen and oxygen atoms in total. The summed E-state index contributed by atoms with van der Waals surface area (Å²) in [5, 5.41) is 0.887. The van der Waals surface area contributed by atoms with Crippen LogP contribution in [-0.2, 0) is 14.3 Å². The van der Waals surface area contributed by atoms with Crippen molar-refractivity contribution in [2.45, 2.75) is 19.0 Å². The monoisotopic (exact) mass is 249 g/mol. The summed E-state index contributed by atoms with van der Waals surface area (Å²) in [4.78, 5) is 20.7. The van der Waals surface area contributed by atoms with Gasteiger partial charge >= 0.3 is 24.0 Å². The summed E-state index contributed by atoms with van der Waals surface area (Å²) >= 11 is 0. The summed E-state index contributed by atoms with van der Waals surface area (Å²) in [6.07, 6.45) is -5.27. The third-order valence-corrected chi connectivity index (χ3v) is 1.30. The summed E-state index contributed by atoms with van der Waals surface area (Å²) in [5.74, 6) is -8.72. The van der Waals surface area contributed by atoms with E-state index in [1.54, 1.807) is 0 Å². The van der Waals surface area contributed by atoms with E-state index in [9.17, 15) is 31.5 Å². The summed E-state index contributed by atoms with van der Waals surface area (Å²) < 4.78 is 64.1. The van der Waals surface area contributed by atoms with Crippen molar-refractivity contribution in [2.75, 3.05) is 13.2 Å². The van der Waals surface area contributed by atoms with Gasteiger partial charge in [0.1, 0.15) is 0 Å². The Morgan fingerprint density at radius 2 is 1.69 bits per heavy atom. The van der Waals surface area contributed by atoms with Gasteiger partial charge in [-0.15, -0.1) is 0 Å². The third-order valence-electron chi connectivity index (χ3n) is 1.30. The van der Waals surface area contributed by atoms with Gasteiger partial charge in [0.05, 0.1) is 13.2 Å². The minimum atomic E-state index is -5.27. The van der Waals surface area contributed by atoms with Crippen molar-refractivity contribution in [3.8, 4) is 0 Å². The van der Waals surface area contributed by atoms with E-state index in [1.807, 2.05) is 0 Å². The molecule has 0 heterocycles. The van der Waals surface area contributed by atoms with Gasteiger partial charge in [0.2, 0.25) is 0 Å². The van der Waals surface area contributed by atoms with Crippen LogP contribution in [-0.4, -0.2) is 37.1 Å². The Kier molecular flexibility index (Phi) is 4.63. The van der Waals surface area contributed by atoms with Crippen LogP contribution in [0.5, 0.6) is 0 Å². The van der Waals surface area contributed by atoms with Crippen LogP contribution in [0.15, 0.2) is 0 Å². The topological polar surface area (TPSA) is 55.4 Å². The quantitative estimate of drug-likeness (QED) is 0.594. The Hall–Kier alpha value is -1.41. The van der Waals surface area contributed by atoms with E-state index in [0.717, 1.165) is 5.32 Å². The molecule has 0 aliphatic rings. The smallest absolute Gasteiger partial charge is 0.462 e. The SMILES string of the molecule is CCOC(=O)C(F)(F)CNC(=O)C(F)(F)F. The molecule has 0 aliphatic carbocycles. The molecular formula is C7H8F5NO3. The van der Waals surface area contributed by atoms with Crippen molar-refractivity contribution in [1.82, 2.24) is 5.32 Å². The molecule has 0 bridgehead atoms. The lowest BCUT2D eigenvalue weighted by Crippen LogP contribution is -2.47. The van der Waals surface area contributed by atoms with Gasteiger partial charge in [-0.1, -0.05) is 0 Å². The molecule has 0 saturated carbocycles. The van der Waals surface area contributed by atoms with E-state index in [4.69, 9.17) is 0 Å². The molecule has 0 aromatic rings. The highest BCUT2D eigenvalue weighted by atomic mass is 19.4. The van der Waals surface area contributed by atoms with E-state index >= 15 is 0 Å². The zero-order valence-electron chi connectivity index (χ0n) is 8.03.